The van der Waals surface area contributed by atoms with E-state index in [-0.39, 0.29) is 5.52 Å². The van der Waals surface area contributed by atoms with Gasteiger partial charge in [0.15, 0.2) is 5.52 Å². The van der Waals surface area contributed by atoms with E-state index in [0.717, 1.165) is 0 Å². The fraction of sp³-hybridized carbons (Fsp3) is 0.250. The van der Waals surface area contributed by atoms with Gasteiger partial charge in [0.05, 0.1) is 25.3 Å². The largest absolute Gasteiger partial charge is 0.497 e. The van der Waals surface area contributed by atoms with E-state index in [1.165, 1.54) is 11.8 Å². The number of nitrogens with one attached hydrogen (secondary N) is 1. The van der Waals surface area contributed by atoms with Crippen LogP contribution < -0.4 is 20.3 Å². The quantitative estimate of drug-likeness (QED) is 0.456. The number of nitrogens with zero attached hydrogens (tertiary/aromatic N) is 3. The van der Waals surface area contributed by atoms with Crippen LogP contribution in [0.1, 0.15) is 25.1 Å². The molecule has 0 bridgehead atoms. The first-order valence-electron chi connectivity index (χ1n) is 10.5. The molecule has 9 heteroatoms. The predicted octanol–water partition coefficient (Wildman–Crippen LogP) is 3.97. The van der Waals surface area contributed by atoms with Gasteiger partial charge in [-0.25, -0.2) is 4.68 Å². The second kappa shape index (κ2) is 9.15. The number of hydrogen-bond acceptors (Lipinski definition) is 7. The van der Waals surface area contributed by atoms with Crippen molar-refractivity contribution in [3.63, 3.8) is 0 Å². The van der Waals surface area contributed by atoms with Crippen LogP contribution in [0.3, 0.4) is 0 Å². The van der Waals surface area contributed by atoms with Gasteiger partial charge < -0.3 is 19.3 Å². The maximum atomic E-state index is 13.3. The number of carbonyl (C=O) groups excluding carboxylic acids is 1. The molecule has 0 saturated carbocycles. The number of aryl methyl sites for hydroxylation is 1. The third kappa shape index (κ3) is 4.05. The minimum atomic E-state index is -0.881. The van der Waals surface area contributed by atoms with Gasteiger partial charge in [0.1, 0.15) is 29.0 Å². The van der Waals surface area contributed by atoms with Crippen LogP contribution in [0, 0.1) is 6.92 Å². The van der Waals surface area contributed by atoms with Gasteiger partial charge in [0, 0.05) is 5.56 Å². The molecular formula is C24H24N4O5. The van der Waals surface area contributed by atoms with Crippen LogP contribution in [0.4, 0.5) is 5.69 Å². The van der Waals surface area contributed by atoms with Crippen molar-refractivity contribution in [1.82, 2.24) is 14.9 Å². The standard InChI is InChI=1S/C24H24N4O5/c1-5-18(23(29)25-17-11-6-7-12-19(17)32-4)28-24(30)22-20(14(2)33-27-22)21(26-28)15-9-8-10-16(13-15)31-3/h6-13,18H,5H2,1-4H3,(H,25,29). The smallest absolute Gasteiger partial charge is 0.297 e. The van der Waals surface area contributed by atoms with Crippen LogP contribution >= 0.6 is 0 Å². The monoisotopic (exact) mass is 448 g/mol. The highest BCUT2D eigenvalue weighted by molar-refractivity contribution is 5.96. The third-order valence-corrected chi connectivity index (χ3v) is 5.41. The average molecular weight is 448 g/mol. The summed E-state index contributed by atoms with van der Waals surface area (Å²) in [6.45, 7) is 3.53. The molecule has 1 atom stereocenters. The molecule has 0 saturated heterocycles. The number of methoxy groups -OCH3 is 2. The molecule has 33 heavy (non-hydrogen) atoms. The Balaban J connectivity index is 1.84. The van der Waals surface area contributed by atoms with Gasteiger partial charge in [-0.3, -0.25) is 9.59 Å². The zero-order valence-corrected chi connectivity index (χ0v) is 18.8. The highest BCUT2D eigenvalue weighted by atomic mass is 16.5. The van der Waals surface area contributed by atoms with E-state index in [4.69, 9.17) is 14.0 Å². The molecule has 4 aromatic rings. The van der Waals surface area contributed by atoms with E-state index in [9.17, 15) is 9.59 Å². The number of carbonyl (C=O) groups is 1. The molecule has 0 aliphatic heterocycles. The Morgan fingerprint density at radius 2 is 1.94 bits per heavy atom. The lowest BCUT2D eigenvalue weighted by Crippen LogP contribution is -2.35. The molecule has 0 aliphatic carbocycles. The van der Waals surface area contributed by atoms with Crippen LogP contribution in [0.25, 0.3) is 22.2 Å². The molecule has 1 N–H and O–H groups in total. The summed E-state index contributed by atoms with van der Waals surface area (Å²) in [7, 11) is 3.10. The number of benzene rings is 2. The summed E-state index contributed by atoms with van der Waals surface area (Å²) in [5, 5.41) is 11.9. The third-order valence-electron chi connectivity index (χ3n) is 5.41. The predicted molar refractivity (Wildman–Crippen MR) is 124 cm³/mol. The van der Waals surface area contributed by atoms with Crippen molar-refractivity contribution < 1.29 is 18.8 Å². The first-order chi connectivity index (χ1) is 16.0. The molecule has 0 radical (unpaired) electrons. The summed E-state index contributed by atoms with van der Waals surface area (Å²) >= 11 is 0. The van der Waals surface area contributed by atoms with Crippen molar-refractivity contribution in [2.45, 2.75) is 26.3 Å². The van der Waals surface area contributed by atoms with E-state index in [2.05, 4.69) is 15.6 Å². The number of aromatic nitrogens is 3. The van der Waals surface area contributed by atoms with Crippen molar-refractivity contribution in [2.75, 3.05) is 19.5 Å². The molecule has 0 aliphatic rings. The lowest BCUT2D eigenvalue weighted by Gasteiger charge is -2.19. The summed E-state index contributed by atoms with van der Waals surface area (Å²) in [5.74, 6) is 1.22. The number of hydrogen-bond donors (Lipinski definition) is 1. The molecule has 4 rings (SSSR count). The Bertz CT molecular complexity index is 1380. The van der Waals surface area contributed by atoms with E-state index in [1.807, 2.05) is 25.1 Å². The zero-order valence-electron chi connectivity index (χ0n) is 18.8. The molecule has 2 aromatic carbocycles. The fourth-order valence-electron chi connectivity index (χ4n) is 3.73. The molecule has 1 amide bonds. The second-order valence-corrected chi connectivity index (χ2v) is 7.41. The van der Waals surface area contributed by atoms with E-state index in [1.54, 1.807) is 44.4 Å². The summed E-state index contributed by atoms with van der Waals surface area (Å²) in [6, 6.07) is 13.5. The maximum Gasteiger partial charge on any atom is 0.297 e. The number of rotatable bonds is 7. The Kier molecular flexibility index (Phi) is 6.12. The fourth-order valence-corrected chi connectivity index (χ4v) is 3.73. The molecule has 9 nitrogen and oxygen atoms in total. The van der Waals surface area contributed by atoms with Crippen LogP contribution in [-0.2, 0) is 4.79 Å². The van der Waals surface area contributed by atoms with Gasteiger partial charge in [0.2, 0.25) is 5.91 Å². The van der Waals surface area contributed by atoms with Gasteiger partial charge in [-0.05, 0) is 37.6 Å². The second-order valence-electron chi connectivity index (χ2n) is 7.41. The molecule has 0 spiro atoms. The number of anilines is 1. The van der Waals surface area contributed by atoms with Crippen molar-refractivity contribution in [3.8, 4) is 22.8 Å². The molecule has 2 aromatic heterocycles. The van der Waals surface area contributed by atoms with Crippen LogP contribution in [0.2, 0.25) is 0 Å². The number of ether oxygens (including phenoxy) is 2. The first kappa shape index (κ1) is 22.1. The topological polar surface area (TPSA) is 108 Å². The lowest BCUT2D eigenvalue weighted by molar-refractivity contribution is -0.119. The normalized spacial score (nSPS) is 11.9. The maximum absolute atomic E-state index is 13.3. The van der Waals surface area contributed by atoms with Crippen LogP contribution in [0.15, 0.2) is 57.8 Å². The zero-order chi connectivity index (χ0) is 23.5. The summed E-state index contributed by atoms with van der Waals surface area (Å²) < 4.78 is 17.1. The van der Waals surface area contributed by atoms with Gasteiger partial charge in [-0.2, -0.15) is 5.10 Å². The number of para-hydroxylation sites is 2. The SMILES string of the molecule is CCC(C(=O)Nc1ccccc1OC)n1nc(-c2cccc(OC)c2)c2c(C)onc2c1=O. The summed E-state index contributed by atoms with van der Waals surface area (Å²) in [4.78, 5) is 26.5. The Morgan fingerprint density at radius 3 is 2.67 bits per heavy atom. The van der Waals surface area contributed by atoms with Crippen molar-refractivity contribution in [2.24, 2.45) is 0 Å². The Hall–Kier alpha value is -4.14. The minimum Gasteiger partial charge on any atom is -0.497 e. The van der Waals surface area contributed by atoms with E-state index < -0.39 is 17.5 Å². The van der Waals surface area contributed by atoms with Crippen LogP contribution in [-0.4, -0.2) is 35.1 Å². The summed E-state index contributed by atoms with van der Waals surface area (Å²) in [6.07, 6.45) is 0.327. The van der Waals surface area contributed by atoms with E-state index in [0.29, 0.717) is 46.0 Å². The minimum absolute atomic E-state index is 0.115. The Labute approximate surface area is 189 Å². The van der Waals surface area contributed by atoms with Gasteiger partial charge >= 0.3 is 0 Å². The van der Waals surface area contributed by atoms with Gasteiger partial charge in [-0.15, -0.1) is 0 Å². The molecule has 2 heterocycles. The van der Waals surface area contributed by atoms with Crippen LogP contribution in [0.5, 0.6) is 11.5 Å². The highest BCUT2D eigenvalue weighted by Gasteiger charge is 2.27. The lowest BCUT2D eigenvalue weighted by atomic mass is 10.1. The van der Waals surface area contributed by atoms with Crippen molar-refractivity contribution >= 4 is 22.5 Å². The molecular weight excluding hydrogens is 424 g/mol. The number of amides is 1. The highest BCUT2D eigenvalue weighted by Crippen LogP contribution is 2.30. The van der Waals surface area contributed by atoms with Gasteiger partial charge in [-0.1, -0.05) is 36.3 Å². The average Bonchev–Trinajstić information content (AvgIpc) is 3.23. The molecule has 1 unspecified atom stereocenters. The number of fused-ring (bicyclic) bond motifs is 1. The first-order valence-corrected chi connectivity index (χ1v) is 10.5. The molecule has 170 valence electrons. The molecule has 0 fully saturated rings. The summed E-state index contributed by atoms with van der Waals surface area (Å²) in [5.41, 5.74) is 1.30. The van der Waals surface area contributed by atoms with Gasteiger partial charge in [0.25, 0.3) is 5.56 Å². The van der Waals surface area contributed by atoms with Crippen molar-refractivity contribution in [3.05, 3.63) is 64.6 Å². The van der Waals surface area contributed by atoms with E-state index >= 15 is 0 Å². The van der Waals surface area contributed by atoms with Crippen molar-refractivity contribution in [1.29, 1.82) is 0 Å². The Morgan fingerprint density at radius 1 is 1.15 bits per heavy atom.